The normalized spacial score (nSPS) is 14.3. The molecule has 1 heterocycles. The third kappa shape index (κ3) is 6.84. The molecule has 7 nitrogen and oxygen atoms in total. The molecular formula is C27H40N4O3. The van der Waals surface area contributed by atoms with Crippen molar-refractivity contribution in [2.45, 2.75) is 78.1 Å². The minimum atomic E-state index is -0.210. The maximum atomic E-state index is 13.0. The number of ether oxygens (including phenoxy) is 1. The third-order valence-corrected chi connectivity index (χ3v) is 6.48. The van der Waals surface area contributed by atoms with E-state index in [1.54, 1.807) is 16.7 Å². The molecular weight excluding hydrogens is 428 g/mol. The van der Waals surface area contributed by atoms with Crippen LogP contribution in [0.1, 0.15) is 78.3 Å². The van der Waals surface area contributed by atoms with E-state index in [2.05, 4.69) is 26.1 Å². The van der Waals surface area contributed by atoms with Crippen molar-refractivity contribution < 1.29 is 14.3 Å². The largest absolute Gasteiger partial charge is 0.497 e. The van der Waals surface area contributed by atoms with Crippen LogP contribution in [0, 0.1) is 5.92 Å². The number of methoxy groups -OCH3 is 1. The molecule has 7 heteroatoms. The number of anilines is 1. The number of aromatic nitrogens is 2. The highest BCUT2D eigenvalue weighted by Gasteiger charge is 2.24. The lowest BCUT2D eigenvalue weighted by Crippen LogP contribution is -2.38. The quantitative estimate of drug-likeness (QED) is 0.512. The average Bonchev–Trinajstić information content (AvgIpc) is 3.47. The lowest BCUT2D eigenvalue weighted by Gasteiger charge is -2.22. The Morgan fingerprint density at radius 3 is 2.44 bits per heavy atom. The fraction of sp³-hybridized carbons (Fsp3) is 0.593. The molecule has 1 aromatic carbocycles. The number of carbonyl (C=O) groups is 2. The van der Waals surface area contributed by atoms with E-state index >= 15 is 0 Å². The van der Waals surface area contributed by atoms with E-state index < -0.39 is 0 Å². The van der Waals surface area contributed by atoms with Crippen LogP contribution in [-0.2, 0) is 15.0 Å². The average molecular weight is 469 g/mol. The monoisotopic (exact) mass is 468 g/mol. The smallest absolute Gasteiger partial charge is 0.245 e. The van der Waals surface area contributed by atoms with Crippen molar-refractivity contribution in [2.24, 2.45) is 5.92 Å². The summed E-state index contributed by atoms with van der Waals surface area (Å²) >= 11 is 0. The number of hydrogen-bond acceptors (Lipinski definition) is 4. The Balaban J connectivity index is 1.73. The van der Waals surface area contributed by atoms with Crippen LogP contribution in [0.3, 0.4) is 0 Å². The first-order valence-corrected chi connectivity index (χ1v) is 12.5. The molecule has 0 spiro atoms. The second-order valence-corrected chi connectivity index (χ2v) is 10.3. The molecule has 0 atom stereocenters. The van der Waals surface area contributed by atoms with Crippen LogP contribution in [0.15, 0.2) is 30.3 Å². The summed E-state index contributed by atoms with van der Waals surface area (Å²) in [5.41, 5.74) is 1.52. The Labute approximate surface area is 203 Å². The zero-order valence-corrected chi connectivity index (χ0v) is 21.4. The zero-order chi connectivity index (χ0) is 24.7. The van der Waals surface area contributed by atoms with Crippen molar-refractivity contribution in [1.29, 1.82) is 0 Å². The van der Waals surface area contributed by atoms with Gasteiger partial charge >= 0.3 is 0 Å². The summed E-state index contributed by atoms with van der Waals surface area (Å²) < 4.78 is 7.00. The molecule has 1 N–H and O–H groups in total. The molecule has 34 heavy (non-hydrogen) atoms. The van der Waals surface area contributed by atoms with Crippen LogP contribution in [0.25, 0.3) is 5.69 Å². The second-order valence-electron chi connectivity index (χ2n) is 10.3. The topological polar surface area (TPSA) is 76.5 Å². The van der Waals surface area contributed by atoms with Gasteiger partial charge in [-0.3, -0.25) is 9.59 Å². The third-order valence-electron chi connectivity index (χ3n) is 6.48. The number of rotatable bonds is 10. The number of nitrogens with one attached hydrogen (secondary N) is 1. The predicted molar refractivity (Wildman–Crippen MR) is 136 cm³/mol. The maximum absolute atomic E-state index is 13.0. The summed E-state index contributed by atoms with van der Waals surface area (Å²) in [6.07, 6.45) is 7.28. The highest BCUT2D eigenvalue weighted by atomic mass is 16.5. The molecule has 0 bridgehead atoms. The van der Waals surface area contributed by atoms with Gasteiger partial charge in [0, 0.05) is 24.4 Å². The molecule has 1 aliphatic rings. The Bertz CT molecular complexity index is 953. The lowest BCUT2D eigenvalue weighted by atomic mass is 9.92. The van der Waals surface area contributed by atoms with Crippen molar-refractivity contribution in [3.05, 3.63) is 36.0 Å². The first-order chi connectivity index (χ1) is 16.2. The fourth-order valence-electron chi connectivity index (χ4n) is 4.46. The Morgan fingerprint density at radius 2 is 1.85 bits per heavy atom. The van der Waals surface area contributed by atoms with Crippen molar-refractivity contribution >= 4 is 17.6 Å². The Hall–Kier alpha value is -2.83. The molecule has 1 aromatic heterocycles. The first kappa shape index (κ1) is 25.8. The van der Waals surface area contributed by atoms with Crippen molar-refractivity contribution in [1.82, 2.24) is 14.7 Å². The van der Waals surface area contributed by atoms with Gasteiger partial charge in [0.1, 0.15) is 11.6 Å². The summed E-state index contributed by atoms with van der Waals surface area (Å²) in [5.74, 6) is 1.87. The number of amides is 2. The highest BCUT2D eigenvalue weighted by Crippen LogP contribution is 2.29. The molecule has 1 fully saturated rings. The Kier molecular flexibility index (Phi) is 8.75. The van der Waals surface area contributed by atoms with Gasteiger partial charge in [0.2, 0.25) is 11.8 Å². The number of nitrogens with zero attached hydrogens (tertiary/aromatic N) is 3. The predicted octanol–water partition coefficient (Wildman–Crippen LogP) is 5.33. The molecule has 2 aromatic rings. The van der Waals surface area contributed by atoms with Crippen molar-refractivity contribution in [2.75, 3.05) is 25.5 Å². The lowest BCUT2D eigenvalue weighted by molar-refractivity contribution is -0.135. The van der Waals surface area contributed by atoms with Gasteiger partial charge in [0.05, 0.1) is 25.0 Å². The molecule has 0 aliphatic heterocycles. The van der Waals surface area contributed by atoms with Gasteiger partial charge in [0.15, 0.2) is 0 Å². The standard InChI is InChI=1S/C27H40N4O3/c1-6-17-30(26(33)16-11-20-9-7-8-10-20)19-25(32)28-24-18-23(27(2,3)4)29-31(24)21-12-14-22(34-5)15-13-21/h12-15,18,20H,6-11,16-17,19H2,1-5H3,(H,28,32). The first-order valence-electron chi connectivity index (χ1n) is 12.5. The molecule has 186 valence electrons. The molecule has 0 unspecified atom stereocenters. The van der Waals surface area contributed by atoms with E-state index in [-0.39, 0.29) is 23.8 Å². The van der Waals surface area contributed by atoms with Crippen LogP contribution in [0.2, 0.25) is 0 Å². The number of benzene rings is 1. The van der Waals surface area contributed by atoms with Crippen LogP contribution in [0.4, 0.5) is 5.82 Å². The van der Waals surface area contributed by atoms with Crippen LogP contribution in [0.5, 0.6) is 5.75 Å². The number of hydrogen-bond donors (Lipinski definition) is 1. The van der Waals surface area contributed by atoms with E-state index in [9.17, 15) is 9.59 Å². The number of carbonyl (C=O) groups excluding carboxylic acids is 2. The van der Waals surface area contributed by atoms with Gasteiger partial charge in [0.25, 0.3) is 0 Å². The van der Waals surface area contributed by atoms with Gasteiger partial charge < -0.3 is 15.0 Å². The van der Waals surface area contributed by atoms with Gasteiger partial charge in [-0.15, -0.1) is 0 Å². The minimum absolute atomic E-state index is 0.0516. The van der Waals surface area contributed by atoms with Crippen LogP contribution < -0.4 is 10.1 Å². The summed E-state index contributed by atoms with van der Waals surface area (Å²) in [4.78, 5) is 27.6. The van der Waals surface area contributed by atoms with E-state index in [1.807, 2.05) is 37.3 Å². The summed E-state index contributed by atoms with van der Waals surface area (Å²) in [5, 5.41) is 7.77. The molecule has 3 rings (SSSR count). The van der Waals surface area contributed by atoms with Crippen molar-refractivity contribution in [3.63, 3.8) is 0 Å². The van der Waals surface area contributed by atoms with Gasteiger partial charge in [-0.1, -0.05) is 53.4 Å². The van der Waals surface area contributed by atoms with E-state index in [0.717, 1.165) is 30.0 Å². The van der Waals surface area contributed by atoms with E-state index in [4.69, 9.17) is 9.84 Å². The van der Waals surface area contributed by atoms with Crippen LogP contribution >= 0.6 is 0 Å². The van der Waals surface area contributed by atoms with Gasteiger partial charge in [-0.05, 0) is 43.0 Å². The summed E-state index contributed by atoms with van der Waals surface area (Å²) in [7, 11) is 1.63. The zero-order valence-electron chi connectivity index (χ0n) is 21.4. The highest BCUT2D eigenvalue weighted by molar-refractivity contribution is 5.94. The molecule has 1 aliphatic carbocycles. The Morgan fingerprint density at radius 1 is 1.18 bits per heavy atom. The van der Waals surface area contributed by atoms with Gasteiger partial charge in [-0.2, -0.15) is 5.10 Å². The second kappa shape index (κ2) is 11.5. The van der Waals surface area contributed by atoms with E-state index in [0.29, 0.717) is 24.7 Å². The van der Waals surface area contributed by atoms with Crippen LogP contribution in [-0.4, -0.2) is 46.7 Å². The molecule has 2 amide bonds. The van der Waals surface area contributed by atoms with Crippen molar-refractivity contribution in [3.8, 4) is 11.4 Å². The molecule has 0 radical (unpaired) electrons. The molecule has 0 saturated heterocycles. The minimum Gasteiger partial charge on any atom is -0.497 e. The maximum Gasteiger partial charge on any atom is 0.245 e. The SMILES string of the molecule is CCCN(CC(=O)Nc1cc(C(C)(C)C)nn1-c1ccc(OC)cc1)C(=O)CCC1CCCC1. The summed E-state index contributed by atoms with van der Waals surface area (Å²) in [6.45, 7) is 8.93. The summed E-state index contributed by atoms with van der Waals surface area (Å²) in [6, 6.07) is 9.46. The van der Waals surface area contributed by atoms with E-state index in [1.165, 1.54) is 25.7 Å². The molecule has 1 saturated carbocycles. The fourth-order valence-corrected chi connectivity index (χ4v) is 4.46. The van der Waals surface area contributed by atoms with Gasteiger partial charge in [-0.25, -0.2) is 4.68 Å².